The summed E-state index contributed by atoms with van der Waals surface area (Å²) < 4.78 is 0. The quantitative estimate of drug-likeness (QED) is 0.938. The molecule has 102 valence electrons. The molecule has 2 heterocycles. The van der Waals surface area contributed by atoms with Crippen LogP contribution in [0.5, 0.6) is 0 Å². The summed E-state index contributed by atoms with van der Waals surface area (Å²) in [5.74, 6) is 0.815. The van der Waals surface area contributed by atoms with Crippen molar-refractivity contribution in [3.8, 4) is 0 Å². The van der Waals surface area contributed by atoms with Gasteiger partial charge in [-0.15, -0.1) is 11.3 Å². The number of nitrogens with one attached hydrogen (secondary N) is 1. The maximum Gasteiger partial charge on any atom is 0.261 e. The second-order valence-electron chi connectivity index (χ2n) is 4.94. The molecule has 0 aliphatic carbocycles. The van der Waals surface area contributed by atoms with E-state index in [1.54, 1.807) is 0 Å². The Morgan fingerprint density at radius 1 is 1.32 bits per heavy atom. The third-order valence-electron chi connectivity index (χ3n) is 2.96. The Morgan fingerprint density at radius 2 is 2.00 bits per heavy atom. The Morgan fingerprint density at radius 3 is 2.58 bits per heavy atom. The monoisotopic (exact) mass is 277 g/mol. The normalized spacial score (nSPS) is 11.3. The van der Waals surface area contributed by atoms with E-state index in [4.69, 9.17) is 0 Å². The molecule has 0 aliphatic heterocycles. The van der Waals surface area contributed by atoms with Crippen LogP contribution in [0.15, 0.2) is 0 Å². The summed E-state index contributed by atoms with van der Waals surface area (Å²) >= 11 is 1.45. The van der Waals surface area contributed by atoms with E-state index in [0.29, 0.717) is 0 Å². The zero-order chi connectivity index (χ0) is 14.2. The highest BCUT2D eigenvalue weighted by Crippen LogP contribution is 2.31. The van der Waals surface area contributed by atoms with Crippen LogP contribution in [0.2, 0.25) is 0 Å². The number of fused-ring (bicyclic) bond motifs is 1. The van der Waals surface area contributed by atoms with Crippen molar-refractivity contribution >= 4 is 27.5 Å². The van der Waals surface area contributed by atoms with Crippen LogP contribution >= 0.6 is 11.3 Å². The van der Waals surface area contributed by atoms with Gasteiger partial charge in [-0.05, 0) is 33.3 Å². The van der Waals surface area contributed by atoms with Gasteiger partial charge in [-0.25, -0.2) is 9.97 Å². The van der Waals surface area contributed by atoms with Crippen LogP contribution in [-0.4, -0.2) is 21.9 Å². The highest BCUT2D eigenvalue weighted by molar-refractivity contribution is 7.20. The number of carbonyl (C=O) groups excluding carboxylic acids is 1. The average Bonchev–Trinajstić information content (AvgIpc) is 2.66. The van der Waals surface area contributed by atoms with Gasteiger partial charge in [-0.3, -0.25) is 4.79 Å². The number of aryl methyl sites for hydroxylation is 3. The lowest BCUT2D eigenvalue weighted by Crippen LogP contribution is -2.29. The van der Waals surface area contributed by atoms with Crippen molar-refractivity contribution in [1.29, 1.82) is 0 Å². The Kier molecular flexibility index (Phi) is 3.85. The second-order valence-corrected chi connectivity index (χ2v) is 5.94. The van der Waals surface area contributed by atoms with Crippen molar-refractivity contribution in [3.63, 3.8) is 0 Å². The lowest BCUT2D eigenvalue weighted by atomic mass is 10.1. The first-order valence-electron chi connectivity index (χ1n) is 6.51. The minimum Gasteiger partial charge on any atom is -0.349 e. The third-order valence-corrected chi connectivity index (χ3v) is 4.14. The molecule has 0 aromatic carbocycles. The van der Waals surface area contributed by atoms with Crippen LogP contribution in [0.3, 0.4) is 0 Å². The van der Waals surface area contributed by atoms with Gasteiger partial charge in [-0.1, -0.05) is 6.92 Å². The fourth-order valence-electron chi connectivity index (χ4n) is 2.10. The van der Waals surface area contributed by atoms with Crippen LogP contribution in [0.25, 0.3) is 10.2 Å². The number of hydrogen-bond donors (Lipinski definition) is 1. The molecule has 4 nitrogen and oxygen atoms in total. The van der Waals surface area contributed by atoms with E-state index in [2.05, 4.69) is 15.3 Å². The van der Waals surface area contributed by atoms with E-state index in [1.807, 2.05) is 34.6 Å². The SMILES string of the molecule is CCc1nc(C)c2c(C)c(C(=O)NC(C)C)sc2n1. The molecule has 2 rings (SSSR count). The molecule has 0 bridgehead atoms. The fraction of sp³-hybridized carbons (Fsp3) is 0.500. The highest BCUT2D eigenvalue weighted by atomic mass is 32.1. The van der Waals surface area contributed by atoms with E-state index in [0.717, 1.165) is 38.6 Å². The maximum atomic E-state index is 12.2. The number of carbonyl (C=O) groups is 1. The van der Waals surface area contributed by atoms with Gasteiger partial charge >= 0.3 is 0 Å². The summed E-state index contributed by atoms with van der Waals surface area (Å²) in [6.07, 6.45) is 0.807. The van der Waals surface area contributed by atoms with Gasteiger partial charge in [0.05, 0.1) is 4.88 Å². The molecule has 5 heteroatoms. The molecule has 0 saturated carbocycles. The predicted octanol–water partition coefficient (Wildman–Crippen LogP) is 3.01. The van der Waals surface area contributed by atoms with Gasteiger partial charge in [0.25, 0.3) is 5.91 Å². The van der Waals surface area contributed by atoms with Gasteiger partial charge in [0.1, 0.15) is 10.7 Å². The van der Waals surface area contributed by atoms with Gasteiger partial charge < -0.3 is 5.32 Å². The Labute approximate surface area is 117 Å². The smallest absolute Gasteiger partial charge is 0.261 e. The summed E-state index contributed by atoms with van der Waals surface area (Å²) in [6, 6.07) is 0.135. The van der Waals surface area contributed by atoms with E-state index in [1.165, 1.54) is 11.3 Å². The lowest BCUT2D eigenvalue weighted by Gasteiger charge is -2.07. The predicted molar refractivity (Wildman–Crippen MR) is 78.9 cm³/mol. The molecule has 2 aromatic heterocycles. The molecular weight excluding hydrogens is 258 g/mol. The number of hydrogen-bond acceptors (Lipinski definition) is 4. The molecule has 0 radical (unpaired) electrons. The highest BCUT2D eigenvalue weighted by Gasteiger charge is 2.19. The lowest BCUT2D eigenvalue weighted by molar-refractivity contribution is 0.0947. The third kappa shape index (κ3) is 2.61. The van der Waals surface area contributed by atoms with Crippen molar-refractivity contribution in [2.24, 2.45) is 0 Å². The molecule has 1 amide bonds. The zero-order valence-electron chi connectivity index (χ0n) is 12.0. The largest absolute Gasteiger partial charge is 0.349 e. The summed E-state index contributed by atoms with van der Waals surface area (Å²) in [6.45, 7) is 9.90. The molecule has 0 unspecified atom stereocenters. The standard InChI is InChI=1S/C14H19N3OS/c1-6-10-16-9(5)11-8(4)12(19-14(11)17-10)13(18)15-7(2)3/h7H,6H2,1-5H3,(H,15,18). The van der Waals surface area contributed by atoms with Crippen molar-refractivity contribution in [3.05, 3.63) is 22.0 Å². The molecular formula is C14H19N3OS. The number of rotatable bonds is 3. The minimum absolute atomic E-state index is 0.0204. The van der Waals surface area contributed by atoms with Gasteiger partial charge in [0.2, 0.25) is 0 Å². The van der Waals surface area contributed by atoms with Crippen LogP contribution < -0.4 is 5.32 Å². The molecule has 19 heavy (non-hydrogen) atoms. The first-order valence-corrected chi connectivity index (χ1v) is 7.33. The van der Waals surface area contributed by atoms with E-state index in [9.17, 15) is 4.79 Å². The molecule has 0 atom stereocenters. The average molecular weight is 277 g/mol. The number of aromatic nitrogens is 2. The summed E-state index contributed by atoms with van der Waals surface area (Å²) in [7, 11) is 0. The van der Waals surface area contributed by atoms with E-state index < -0.39 is 0 Å². The van der Waals surface area contributed by atoms with Crippen LogP contribution in [0, 0.1) is 13.8 Å². The number of nitrogens with zero attached hydrogens (tertiary/aromatic N) is 2. The first-order chi connectivity index (χ1) is 8.93. The second kappa shape index (κ2) is 5.25. The van der Waals surface area contributed by atoms with Crippen LogP contribution in [-0.2, 0) is 6.42 Å². The summed E-state index contributed by atoms with van der Waals surface area (Å²) in [5.41, 5.74) is 1.94. The van der Waals surface area contributed by atoms with Crippen LogP contribution in [0.1, 0.15) is 47.5 Å². The van der Waals surface area contributed by atoms with Crippen molar-refractivity contribution < 1.29 is 4.79 Å². The van der Waals surface area contributed by atoms with E-state index >= 15 is 0 Å². The Hall–Kier alpha value is -1.49. The number of thiophene rings is 1. The molecule has 2 aromatic rings. The molecule has 0 aliphatic rings. The van der Waals surface area contributed by atoms with E-state index in [-0.39, 0.29) is 11.9 Å². The fourth-order valence-corrected chi connectivity index (χ4v) is 3.25. The van der Waals surface area contributed by atoms with Gasteiger partial charge in [0, 0.05) is 23.5 Å². The molecule has 1 N–H and O–H groups in total. The molecule has 0 fully saturated rings. The first kappa shape index (κ1) is 13.9. The summed E-state index contributed by atoms with van der Waals surface area (Å²) in [4.78, 5) is 22.8. The zero-order valence-corrected chi connectivity index (χ0v) is 12.8. The van der Waals surface area contributed by atoms with Gasteiger partial charge in [0.15, 0.2) is 0 Å². The van der Waals surface area contributed by atoms with Crippen molar-refractivity contribution in [2.75, 3.05) is 0 Å². The molecule has 0 spiro atoms. The molecule has 0 saturated heterocycles. The van der Waals surface area contributed by atoms with Gasteiger partial charge in [-0.2, -0.15) is 0 Å². The van der Waals surface area contributed by atoms with Crippen molar-refractivity contribution in [2.45, 2.75) is 47.1 Å². The Balaban J connectivity index is 2.56. The van der Waals surface area contributed by atoms with Crippen molar-refractivity contribution in [1.82, 2.24) is 15.3 Å². The van der Waals surface area contributed by atoms with Crippen LogP contribution in [0.4, 0.5) is 0 Å². The topological polar surface area (TPSA) is 54.9 Å². The minimum atomic E-state index is -0.0204. The summed E-state index contributed by atoms with van der Waals surface area (Å²) in [5, 5.41) is 3.96. The maximum absolute atomic E-state index is 12.2. The Bertz CT molecular complexity index is 631. The number of amides is 1.